The van der Waals surface area contributed by atoms with Crippen LogP contribution in [0.4, 0.5) is 0 Å². The molecule has 0 amide bonds. The van der Waals surface area contributed by atoms with Gasteiger partial charge in [-0.3, -0.25) is 23.4 Å². The molecule has 0 aliphatic heterocycles. The van der Waals surface area contributed by atoms with Gasteiger partial charge in [0.25, 0.3) is 0 Å². The summed E-state index contributed by atoms with van der Waals surface area (Å²) >= 11 is 0. The molecule has 0 saturated carbocycles. The maximum atomic E-state index is 12.9. The van der Waals surface area contributed by atoms with Crippen LogP contribution in [0.2, 0.25) is 0 Å². The molecular weight excluding hydrogens is 904 g/mol. The minimum atomic E-state index is -4.75. The highest BCUT2D eigenvalue weighted by molar-refractivity contribution is 7.47. The van der Waals surface area contributed by atoms with Crippen molar-refractivity contribution in [2.75, 3.05) is 26.4 Å². The first-order valence-corrected chi connectivity index (χ1v) is 30.0. The first-order valence-electron chi connectivity index (χ1n) is 28.5. The molecule has 0 spiro atoms. The predicted octanol–water partition coefficient (Wildman–Crippen LogP) is 16.6. The van der Waals surface area contributed by atoms with E-state index in [0.717, 1.165) is 77.0 Å². The van der Waals surface area contributed by atoms with Gasteiger partial charge < -0.3 is 24.2 Å². The molecule has 408 valence electrons. The summed E-state index contributed by atoms with van der Waals surface area (Å²) in [4.78, 5) is 48.4. The lowest BCUT2D eigenvalue weighted by Gasteiger charge is -2.21. The molecule has 11 nitrogen and oxygen atoms in total. The Kier molecular flexibility index (Phi) is 50.8. The van der Waals surface area contributed by atoms with Crippen molar-refractivity contribution in [3.8, 4) is 0 Å². The topological polar surface area (TPSA) is 155 Å². The van der Waals surface area contributed by atoms with Gasteiger partial charge in [-0.2, -0.15) is 0 Å². The third-order valence-electron chi connectivity index (χ3n) is 12.2. The number of aliphatic hydroxyl groups excluding tert-OH is 1. The molecule has 0 radical (unpaired) electrons. The molecule has 0 aliphatic carbocycles. The summed E-state index contributed by atoms with van der Waals surface area (Å²) in [6.07, 6.45) is 55.1. The standard InChI is InChI=1S/C58H105O11P/c1-4-7-10-13-16-19-22-24-25-26-27-28-29-31-34-37-40-43-46-49-58(62)69-55(51-65-56(60)47-44-41-38-35-33-30-23-20-17-14-11-8-5-2)53-67-70(63,64)66-52-54(50-59)68-57(61)48-45-42-39-36-32-21-18-15-12-9-6-3/h8,11,17,20,24-25,30,33,54-55,59H,4-7,9-10,12-16,18-19,21-23,26-29,31-32,34-53H2,1-3H3,(H,63,64)/b11-8-,20-17-,25-24-,33-30-. The average Bonchev–Trinajstić information content (AvgIpc) is 3.35. The van der Waals surface area contributed by atoms with E-state index < -0.39 is 57.8 Å². The zero-order chi connectivity index (χ0) is 51.3. The van der Waals surface area contributed by atoms with Gasteiger partial charge in [-0.25, -0.2) is 4.57 Å². The van der Waals surface area contributed by atoms with Gasteiger partial charge in [0.05, 0.1) is 19.8 Å². The molecule has 0 fully saturated rings. The maximum absolute atomic E-state index is 12.9. The number of phosphoric ester groups is 1. The summed E-state index contributed by atoms with van der Waals surface area (Å²) in [6.45, 7) is 4.50. The molecule has 70 heavy (non-hydrogen) atoms. The molecule has 12 heteroatoms. The Morgan fingerprint density at radius 1 is 0.414 bits per heavy atom. The summed E-state index contributed by atoms with van der Waals surface area (Å²) in [5.74, 6) is -1.49. The molecule has 0 aromatic rings. The number of esters is 3. The van der Waals surface area contributed by atoms with E-state index in [0.29, 0.717) is 19.3 Å². The fourth-order valence-electron chi connectivity index (χ4n) is 7.90. The number of carbonyl (C=O) groups is 3. The van der Waals surface area contributed by atoms with Gasteiger partial charge in [0.2, 0.25) is 0 Å². The van der Waals surface area contributed by atoms with Crippen LogP contribution < -0.4 is 0 Å². The molecule has 0 heterocycles. The lowest BCUT2D eigenvalue weighted by Crippen LogP contribution is -2.30. The summed E-state index contributed by atoms with van der Waals surface area (Å²) in [5, 5.41) is 9.78. The van der Waals surface area contributed by atoms with E-state index >= 15 is 0 Å². The lowest BCUT2D eigenvalue weighted by atomic mass is 10.1. The van der Waals surface area contributed by atoms with Crippen LogP contribution in [0, 0.1) is 0 Å². The van der Waals surface area contributed by atoms with Crippen molar-refractivity contribution in [3.05, 3.63) is 48.6 Å². The second kappa shape index (κ2) is 52.8. The monoisotopic (exact) mass is 1010 g/mol. The maximum Gasteiger partial charge on any atom is 0.472 e. The highest BCUT2D eigenvalue weighted by Crippen LogP contribution is 2.43. The van der Waals surface area contributed by atoms with Gasteiger partial charge in [-0.1, -0.05) is 217 Å². The van der Waals surface area contributed by atoms with Crippen molar-refractivity contribution in [2.24, 2.45) is 0 Å². The van der Waals surface area contributed by atoms with Crippen LogP contribution in [0.1, 0.15) is 265 Å². The van der Waals surface area contributed by atoms with E-state index in [1.165, 1.54) is 128 Å². The van der Waals surface area contributed by atoms with Crippen LogP contribution in [-0.4, -0.2) is 66.5 Å². The van der Waals surface area contributed by atoms with E-state index in [1.54, 1.807) is 0 Å². The number of aliphatic hydroxyl groups is 1. The van der Waals surface area contributed by atoms with Crippen molar-refractivity contribution in [3.63, 3.8) is 0 Å². The second-order valence-electron chi connectivity index (χ2n) is 19.1. The molecule has 0 aromatic carbocycles. The first-order chi connectivity index (χ1) is 34.2. The van der Waals surface area contributed by atoms with E-state index in [2.05, 4.69) is 69.4 Å². The van der Waals surface area contributed by atoms with Gasteiger partial charge in [-0.15, -0.1) is 0 Å². The quantitative estimate of drug-likeness (QED) is 0.0197. The molecule has 3 atom stereocenters. The van der Waals surface area contributed by atoms with Crippen LogP contribution in [-0.2, 0) is 42.2 Å². The number of rotatable bonds is 53. The van der Waals surface area contributed by atoms with Gasteiger partial charge in [-0.05, 0) is 77.0 Å². The van der Waals surface area contributed by atoms with Gasteiger partial charge in [0, 0.05) is 19.3 Å². The lowest BCUT2D eigenvalue weighted by molar-refractivity contribution is -0.161. The summed E-state index contributed by atoms with van der Waals surface area (Å²) < 4.78 is 39.4. The highest BCUT2D eigenvalue weighted by atomic mass is 31.2. The molecule has 0 rings (SSSR count). The Bertz CT molecular complexity index is 1360. The number of carbonyl (C=O) groups excluding carboxylic acids is 3. The van der Waals surface area contributed by atoms with E-state index in [1.807, 2.05) is 0 Å². The van der Waals surface area contributed by atoms with Crippen LogP contribution >= 0.6 is 7.82 Å². The Labute approximate surface area is 428 Å². The van der Waals surface area contributed by atoms with Gasteiger partial charge >= 0.3 is 25.7 Å². The Hall–Kier alpha value is -2.56. The van der Waals surface area contributed by atoms with Crippen molar-refractivity contribution < 1.29 is 52.2 Å². The van der Waals surface area contributed by atoms with Crippen molar-refractivity contribution in [1.29, 1.82) is 0 Å². The summed E-state index contributed by atoms with van der Waals surface area (Å²) in [6, 6.07) is 0. The number of allylic oxidation sites excluding steroid dienone is 8. The first kappa shape index (κ1) is 67.4. The molecule has 3 unspecified atom stereocenters. The summed E-state index contributed by atoms with van der Waals surface area (Å²) in [5.41, 5.74) is 0. The van der Waals surface area contributed by atoms with Gasteiger partial charge in [0.15, 0.2) is 6.10 Å². The SMILES string of the molecule is CC/C=C\C/C=C\C/C=C\CCCCCC(=O)OCC(COP(=O)(O)OCC(CO)OC(=O)CCCCCCCCCCCCC)OC(=O)CCCCCCCCCCC/C=C\CCCCCCCC. The van der Waals surface area contributed by atoms with Crippen LogP contribution in [0.15, 0.2) is 48.6 Å². The number of phosphoric acid groups is 1. The zero-order valence-corrected chi connectivity index (χ0v) is 45.9. The van der Waals surface area contributed by atoms with Crippen molar-refractivity contribution in [1.82, 2.24) is 0 Å². The minimum absolute atomic E-state index is 0.161. The Balaban J connectivity index is 4.72. The molecule has 0 saturated heterocycles. The average molecular weight is 1010 g/mol. The summed E-state index contributed by atoms with van der Waals surface area (Å²) in [7, 11) is -4.75. The molecule has 2 N–H and O–H groups in total. The second-order valence-corrected chi connectivity index (χ2v) is 20.5. The number of unbranched alkanes of at least 4 members (excludes halogenated alkanes) is 28. The predicted molar refractivity (Wildman–Crippen MR) is 289 cm³/mol. The fourth-order valence-corrected chi connectivity index (χ4v) is 8.68. The third-order valence-corrected chi connectivity index (χ3v) is 13.2. The zero-order valence-electron chi connectivity index (χ0n) is 45.0. The van der Waals surface area contributed by atoms with Gasteiger partial charge in [0.1, 0.15) is 12.7 Å². The fraction of sp³-hybridized carbons (Fsp3) is 0.810. The van der Waals surface area contributed by atoms with E-state index in [-0.39, 0.29) is 25.9 Å². The molecule has 0 aliphatic rings. The largest absolute Gasteiger partial charge is 0.472 e. The van der Waals surface area contributed by atoms with Crippen molar-refractivity contribution in [2.45, 2.75) is 277 Å². The highest BCUT2D eigenvalue weighted by Gasteiger charge is 2.28. The molecular formula is C58H105O11P. The Morgan fingerprint density at radius 3 is 1.17 bits per heavy atom. The Morgan fingerprint density at radius 2 is 0.743 bits per heavy atom. The molecule has 0 bridgehead atoms. The minimum Gasteiger partial charge on any atom is -0.462 e. The van der Waals surface area contributed by atoms with Crippen LogP contribution in [0.25, 0.3) is 0 Å². The molecule has 0 aromatic heterocycles. The normalized spacial score (nSPS) is 13.7. The van der Waals surface area contributed by atoms with E-state index in [9.17, 15) is 28.9 Å². The van der Waals surface area contributed by atoms with Crippen LogP contribution in [0.3, 0.4) is 0 Å². The smallest absolute Gasteiger partial charge is 0.462 e. The number of ether oxygens (including phenoxy) is 3. The number of hydrogen-bond acceptors (Lipinski definition) is 10. The van der Waals surface area contributed by atoms with Crippen molar-refractivity contribution >= 4 is 25.7 Å². The van der Waals surface area contributed by atoms with E-state index in [4.69, 9.17) is 23.3 Å². The number of hydrogen-bond donors (Lipinski definition) is 2. The van der Waals surface area contributed by atoms with Crippen LogP contribution in [0.5, 0.6) is 0 Å². The third kappa shape index (κ3) is 50.4.